The maximum atomic E-state index is 11.5. The molecular weight excluding hydrogens is 220 g/mol. The first kappa shape index (κ1) is 13.5. The highest BCUT2D eigenvalue weighted by Gasteiger charge is 2.05. The molecule has 5 nitrogen and oxygen atoms in total. The van der Waals surface area contributed by atoms with Gasteiger partial charge in [-0.25, -0.2) is 0 Å². The summed E-state index contributed by atoms with van der Waals surface area (Å²) in [7, 11) is 0. The highest BCUT2D eigenvalue weighted by molar-refractivity contribution is 5.91. The zero-order valence-electron chi connectivity index (χ0n) is 9.90. The van der Waals surface area contributed by atoms with E-state index >= 15 is 0 Å². The lowest BCUT2D eigenvalue weighted by Gasteiger charge is -2.08. The molecular formula is C12H18N2O3. The van der Waals surface area contributed by atoms with Crippen LogP contribution >= 0.6 is 0 Å². The van der Waals surface area contributed by atoms with Gasteiger partial charge in [0.05, 0.1) is 19.6 Å². The van der Waals surface area contributed by atoms with Gasteiger partial charge in [0.2, 0.25) is 5.91 Å². The summed E-state index contributed by atoms with van der Waals surface area (Å²) in [5, 5.41) is 12.0. The van der Waals surface area contributed by atoms with E-state index in [2.05, 4.69) is 5.32 Å². The van der Waals surface area contributed by atoms with Gasteiger partial charge in [0.15, 0.2) is 0 Å². The molecule has 0 aliphatic heterocycles. The Morgan fingerprint density at radius 1 is 1.47 bits per heavy atom. The molecule has 0 aliphatic rings. The number of ether oxygens (including phenoxy) is 1. The zero-order valence-corrected chi connectivity index (χ0v) is 9.90. The number of nitrogens with one attached hydrogen (secondary N) is 1. The molecule has 1 aromatic rings. The SMILES string of the molecule is Cc1cc(O)ccc1NC(=O)CCOCCN. The van der Waals surface area contributed by atoms with Gasteiger partial charge >= 0.3 is 0 Å². The van der Waals surface area contributed by atoms with Crippen molar-refractivity contribution in [3.63, 3.8) is 0 Å². The number of aromatic hydroxyl groups is 1. The average Bonchev–Trinajstić information content (AvgIpc) is 2.28. The van der Waals surface area contributed by atoms with Crippen LogP contribution in [0.25, 0.3) is 0 Å². The number of amides is 1. The van der Waals surface area contributed by atoms with Crippen LogP contribution in [0, 0.1) is 6.92 Å². The molecule has 1 amide bonds. The Kier molecular flexibility index (Phi) is 5.45. The Hall–Kier alpha value is -1.59. The summed E-state index contributed by atoms with van der Waals surface area (Å²) < 4.78 is 5.11. The molecule has 0 heterocycles. The summed E-state index contributed by atoms with van der Waals surface area (Å²) in [5.74, 6) is 0.0718. The number of phenolic OH excluding ortho intramolecular Hbond substituents is 1. The van der Waals surface area contributed by atoms with Crippen LogP contribution in [0.15, 0.2) is 18.2 Å². The van der Waals surface area contributed by atoms with Gasteiger partial charge in [-0.3, -0.25) is 4.79 Å². The predicted molar refractivity (Wildman–Crippen MR) is 66.0 cm³/mol. The van der Waals surface area contributed by atoms with Crippen LogP contribution in [-0.2, 0) is 9.53 Å². The fourth-order valence-corrected chi connectivity index (χ4v) is 1.35. The molecule has 0 saturated carbocycles. The van der Waals surface area contributed by atoms with E-state index in [-0.39, 0.29) is 11.7 Å². The largest absolute Gasteiger partial charge is 0.508 e. The molecule has 0 spiro atoms. The molecule has 0 aromatic heterocycles. The Labute approximate surface area is 101 Å². The molecule has 94 valence electrons. The standard InChI is InChI=1S/C12H18N2O3/c1-9-8-10(15)2-3-11(9)14-12(16)4-6-17-7-5-13/h2-3,8,15H,4-7,13H2,1H3,(H,14,16). The van der Waals surface area contributed by atoms with E-state index in [1.54, 1.807) is 12.1 Å². The lowest BCUT2D eigenvalue weighted by Crippen LogP contribution is -2.16. The number of rotatable bonds is 6. The first-order valence-electron chi connectivity index (χ1n) is 5.50. The summed E-state index contributed by atoms with van der Waals surface area (Å²) >= 11 is 0. The molecule has 0 bridgehead atoms. The number of aryl methyl sites for hydroxylation is 1. The number of benzene rings is 1. The van der Waals surface area contributed by atoms with E-state index < -0.39 is 0 Å². The third-order valence-electron chi connectivity index (χ3n) is 2.22. The van der Waals surface area contributed by atoms with E-state index in [4.69, 9.17) is 10.5 Å². The second-order valence-corrected chi connectivity index (χ2v) is 3.70. The lowest BCUT2D eigenvalue weighted by molar-refractivity contribution is -0.117. The van der Waals surface area contributed by atoms with E-state index in [1.165, 1.54) is 6.07 Å². The second kappa shape index (κ2) is 6.88. The fourth-order valence-electron chi connectivity index (χ4n) is 1.35. The van der Waals surface area contributed by atoms with Crippen LogP contribution in [0.2, 0.25) is 0 Å². The van der Waals surface area contributed by atoms with E-state index in [0.717, 1.165) is 5.56 Å². The summed E-state index contributed by atoms with van der Waals surface area (Å²) in [6, 6.07) is 4.80. The van der Waals surface area contributed by atoms with Crippen LogP contribution < -0.4 is 11.1 Å². The molecule has 0 atom stereocenters. The third-order valence-corrected chi connectivity index (χ3v) is 2.22. The summed E-state index contributed by atoms with van der Waals surface area (Å²) in [5.41, 5.74) is 6.77. The Morgan fingerprint density at radius 2 is 2.24 bits per heavy atom. The topological polar surface area (TPSA) is 84.6 Å². The molecule has 1 aromatic carbocycles. The summed E-state index contributed by atoms with van der Waals surface area (Å²) in [4.78, 5) is 11.5. The van der Waals surface area contributed by atoms with Gasteiger partial charge in [0.1, 0.15) is 5.75 Å². The van der Waals surface area contributed by atoms with E-state index in [9.17, 15) is 9.90 Å². The zero-order chi connectivity index (χ0) is 12.7. The molecule has 4 N–H and O–H groups in total. The van der Waals surface area contributed by atoms with Crippen molar-refractivity contribution in [1.82, 2.24) is 0 Å². The number of carbonyl (C=O) groups is 1. The van der Waals surface area contributed by atoms with Crippen molar-refractivity contribution < 1.29 is 14.6 Å². The van der Waals surface area contributed by atoms with E-state index in [0.29, 0.717) is 31.9 Å². The maximum absolute atomic E-state index is 11.5. The monoisotopic (exact) mass is 238 g/mol. The fraction of sp³-hybridized carbons (Fsp3) is 0.417. The van der Waals surface area contributed by atoms with Crippen LogP contribution in [0.3, 0.4) is 0 Å². The summed E-state index contributed by atoms with van der Waals surface area (Å²) in [6.07, 6.45) is 0.292. The number of phenols is 1. The third kappa shape index (κ3) is 4.84. The molecule has 0 radical (unpaired) electrons. The highest BCUT2D eigenvalue weighted by Crippen LogP contribution is 2.20. The van der Waals surface area contributed by atoms with Crippen LogP contribution in [0.5, 0.6) is 5.75 Å². The quantitative estimate of drug-likeness (QED) is 0.510. The van der Waals surface area contributed by atoms with Crippen LogP contribution in [0.4, 0.5) is 5.69 Å². The second-order valence-electron chi connectivity index (χ2n) is 3.70. The Bertz CT molecular complexity index is 380. The maximum Gasteiger partial charge on any atom is 0.226 e. The molecule has 0 aliphatic carbocycles. The first-order valence-corrected chi connectivity index (χ1v) is 5.50. The van der Waals surface area contributed by atoms with Gasteiger partial charge < -0.3 is 20.9 Å². The van der Waals surface area contributed by atoms with Gasteiger partial charge in [-0.15, -0.1) is 0 Å². The van der Waals surface area contributed by atoms with Crippen molar-refractivity contribution in [1.29, 1.82) is 0 Å². The molecule has 5 heteroatoms. The van der Waals surface area contributed by atoms with Crippen molar-refractivity contribution in [2.24, 2.45) is 5.73 Å². The lowest BCUT2D eigenvalue weighted by atomic mass is 10.2. The minimum Gasteiger partial charge on any atom is -0.508 e. The van der Waals surface area contributed by atoms with Crippen molar-refractivity contribution in [3.8, 4) is 5.75 Å². The van der Waals surface area contributed by atoms with Crippen molar-refractivity contribution in [3.05, 3.63) is 23.8 Å². The van der Waals surface area contributed by atoms with Crippen LogP contribution in [0.1, 0.15) is 12.0 Å². The number of anilines is 1. The molecule has 0 fully saturated rings. The molecule has 0 unspecified atom stereocenters. The average molecular weight is 238 g/mol. The molecule has 17 heavy (non-hydrogen) atoms. The normalized spacial score (nSPS) is 10.2. The predicted octanol–water partition coefficient (Wildman–Crippen LogP) is 1.00. The first-order chi connectivity index (χ1) is 8.13. The summed E-state index contributed by atoms with van der Waals surface area (Å²) in [6.45, 7) is 3.10. The smallest absolute Gasteiger partial charge is 0.226 e. The van der Waals surface area contributed by atoms with Crippen molar-refractivity contribution in [2.75, 3.05) is 25.1 Å². The number of hydrogen-bond acceptors (Lipinski definition) is 4. The number of carbonyl (C=O) groups excluding carboxylic acids is 1. The van der Waals surface area contributed by atoms with E-state index in [1.807, 2.05) is 6.92 Å². The molecule has 0 saturated heterocycles. The van der Waals surface area contributed by atoms with Crippen LogP contribution in [-0.4, -0.2) is 30.8 Å². The molecule has 1 rings (SSSR count). The van der Waals surface area contributed by atoms with Gasteiger partial charge in [0, 0.05) is 12.2 Å². The van der Waals surface area contributed by atoms with Gasteiger partial charge in [0.25, 0.3) is 0 Å². The Morgan fingerprint density at radius 3 is 2.88 bits per heavy atom. The minimum atomic E-state index is -0.115. The van der Waals surface area contributed by atoms with Gasteiger partial charge in [-0.05, 0) is 30.7 Å². The number of nitrogens with two attached hydrogens (primary N) is 1. The van der Waals surface area contributed by atoms with Gasteiger partial charge in [-0.2, -0.15) is 0 Å². The highest BCUT2D eigenvalue weighted by atomic mass is 16.5. The Balaban J connectivity index is 2.40. The van der Waals surface area contributed by atoms with Crippen molar-refractivity contribution >= 4 is 11.6 Å². The minimum absolute atomic E-state index is 0.115. The number of hydrogen-bond donors (Lipinski definition) is 3. The van der Waals surface area contributed by atoms with Crippen molar-refractivity contribution in [2.45, 2.75) is 13.3 Å². The van der Waals surface area contributed by atoms with Gasteiger partial charge in [-0.1, -0.05) is 0 Å².